The Morgan fingerprint density at radius 1 is 1.56 bits per heavy atom. The summed E-state index contributed by atoms with van der Waals surface area (Å²) in [6.45, 7) is 5.78. The Kier molecular flexibility index (Phi) is 5.00. The maximum Gasteiger partial charge on any atom is 0.224 e. The Bertz CT molecular complexity index is 372. The fourth-order valence-electron chi connectivity index (χ4n) is 1.43. The number of nitrogens with zero attached hydrogens (tertiary/aromatic N) is 4. The summed E-state index contributed by atoms with van der Waals surface area (Å²) in [6, 6.07) is 3.95. The molecule has 1 rings (SSSR count). The van der Waals surface area contributed by atoms with Gasteiger partial charge in [-0.15, -0.1) is 0 Å². The zero-order valence-corrected chi connectivity index (χ0v) is 10.3. The van der Waals surface area contributed by atoms with Gasteiger partial charge in [-0.3, -0.25) is 0 Å². The van der Waals surface area contributed by atoms with Crippen LogP contribution < -0.4 is 4.90 Å². The van der Waals surface area contributed by atoms with Crippen molar-refractivity contribution >= 4 is 17.4 Å². The molecule has 1 aromatic rings. The molecule has 0 saturated carbocycles. The zero-order valence-electron chi connectivity index (χ0n) is 9.52. The SMILES string of the molecule is CC(C)CN(CCC#N)c1ccnc(Cl)n1. The van der Waals surface area contributed by atoms with E-state index in [-0.39, 0.29) is 5.28 Å². The first-order chi connectivity index (χ1) is 7.63. The van der Waals surface area contributed by atoms with Crippen LogP contribution in [-0.4, -0.2) is 23.1 Å². The summed E-state index contributed by atoms with van der Waals surface area (Å²) in [5.74, 6) is 1.29. The van der Waals surface area contributed by atoms with E-state index < -0.39 is 0 Å². The van der Waals surface area contributed by atoms with Crippen molar-refractivity contribution in [1.82, 2.24) is 9.97 Å². The molecule has 0 aliphatic carbocycles. The summed E-state index contributed by atoms with van der Waals surface area (Å²) in [5.41, 5.74) is 0. The van der Waals surface area contributed by atoms with Crippen molar-refractivity contribution in [3.8, 4) is 6.07 Å². The summed E-state index contributed by atoms with van der Waals surface area (Å²) in [5, 5.41) is 8.85. The van der Waals surface area contributed by atoms with Crippen LogP contribution in [0.1, 0.15) is 20.3 Å². The van der Waals surface area contributed by atoms with Gasteiger partial charge in [0.2, 0.25) is 5.28 Å². The minimum atomic E-state index is 0.239. The second-order valence-electron chi connectivity index (χ2n) is 3.93. The van der Waals surface area contributed by atoms with Crippen LogP contribution in [0.5, 0.6) is 0 Å². The second-order valence-corrected chi connectivity index (χ2v) is 4.27. The molecule has 16 heavy (non-hydrogen) atoms. The van der Waals surface area contributed by atoms with Gasteiger partial charge in [0.25, 0.3) is 0 Å². The van der Waals surface area contributed by atoms with Gasteiger partial charge in [-0.05, 0) is 23.6 Å². The first-order valence-corrected chi connectivity index (χ1v) is 5.61. The van der Waals surface area contributed by atoms with E-state index in [1.54, 1.807) is 6.20 Å². The highest BCUT2D eigenvalue weighted by molar-refractivity contribution is 6.28. The lowest BCUT2D eigenvalue weighted by Gasteiger charge is -2.24. The Balaban J connectivity index is 2.79. The third kappa shape index (κ3) is 4.03. The largest absolute Gasteiger partial charge is 0.355 e. The fraction of sp³-hybridized carbons (Fsp3) is 0.545. The van der Waals surface area contributed by atoms with Crippen LogP contribution in [0.15, 0.2) is 12.3 Å². The smallest absolute Gasteiger partial charge is 0.224 e. The lowest BCUT2D eigenvalue weighted by atomic mass is 10.2. The molecule has 0 aromatic carbocycles. The van der Waals surface area contributed by atoms with Gasteiger partial charge in [-0.1, -0.05) is 13.8 Å². The van der Waals surface area contributed by atoms with E-state index in [0.29, 0.717) is 18.9 Å². The average molecular weight is 239 g/mol. The Morgan fingerprint density at radius 3 is 2.88 bits per heavy atom. The first-order valence-electron chi connectivity index (χ1n) is 5.24. The highest BCUT2D eigenvalue weighted by Crippen LogP contribution is 2.14. The molecule has 0 amide bonds. The molecule has 5 heteroatoms. The maximum absolute atomic E-state index is 8.62. The van der Waals surface area contributed by atoms with Crippen LogP contribution in [0.3, 0.4) is 0 Å². The van der Waals surface area contributed by atoms with Crippen molar-refractivity contribution in [3.63, 3.8) is 0 Å². The molecule has 0 spiro atoms. The van der Waals surface area contributed by atoms with Crippen molar-refractivity contribution in [3.05, 3.63) is 17.5 Å². The molecule has 0 bridgehead atoms. The lowest BCUT2D eigenvalue weighted by Crippen LogP contribution is -2.29. The van der Waals surface area contributed by atoms with Gasteiger partial charge in [0.1, 0.15) is 5.82 Å². The number of anilines is 1. The molecule has 4 nitrogen and oxygen atoms in total. The van der Waals surface area contributed by atoms with Crippen molar-refractivity contribution in [2.45, 2.75) is 20.3 Å². The second kappa shape index (κ2) is 6.29. The Labute approximate surface area is 101 Å². The number of hydrogen-bond donors (Lipinski definition) is 0. The predicted molar refractivity (Wildman–Crippen MR) is 64.3 cm³/mol. The standard InChI is InChI=1S/C11H15ClN4/c1-9(2)8-16(7-3-5-13)10-4-6-14-11(12)15-10/h4,6,9H,3,7-8H2,1-2H3. The van der Waals surface area contributed by atoms with Crippen LogP contribution in [0.2, 0.25) is 5.28 Å². The van der Waals surface area contributed by atoms with Gasteiger partial charge >= 0.3 is 0 Å². The molecule has 1 heterocycles. The van der Waals surface area contributed by atoms with Crippen molar-refractivity contribution in [1.29, 1.82) is 5.26 Å². The first kappa shape index (κ1) is 12.7. The molecule has 0 fully saturated rings. The van der Waals surface area contributed by atoms with Gasteiger partial charge in [0, 0.05) is 19.3 Å². The van der Waals surface area contributed by atoms with Gasteiger partial charge in [0.15, 0.2) is 0 Å². The summed E-state index contributed by atoms with van der Waals surface area (Å²) in [6.07, 6.45) is 2.11. The van der Waals surface area contributed by atoms with E-state index in [1.165, 1.54) is 0 Å². The lowest BCUT2D eigenvalue weighted by molar-refractivity contribution is 0.607. The molecule has 0 aliphatic rings. The van der Waals surface area contributed by atoms with E-state index in [9.17, 15) is 0 Å². The quantitative estimate of drug-likeness (QED) is 0.740. The minimum absolute atomic E-state index is 0.239. The average Bonchev–Trinajstić information content (AvgIpc) is 2.23. The minimum Gasteiger partial charge on any atom is -0.355 e. The van der Waals surface area contributed by atoms with Crippen LogP contribution in [-0.2, 0) is 0 Å². The molecule has 0 atom stereocenters. The topological polar surface area (TPSA) is 52.8 Å². The van der Waals surface area contributed by atoms with E-state index in [4.69, 9.17) is 16.9 Å². The van der Waals surface area contributed by atoms with Gasteiger partial charge in [-0.25, -0.2) is 9.97 Å². The third-order valence-corrected chi connectivity index (χ3v) is 2.20. The normalized spacial score (nSPS) is 10.2. The molecule has 0 aliphatic heterocycles. The molecule has 1 aromatic heterocycles. The number of rotatable bonds is 5. The Morgan fingerprint density at radius 2 is 2.31 bits per heavy atom. The third-order valence-electron chi connectivity index (χ3n) is 2.01. The van der Waals surface area contributed by atoms with Gasteiger partial charge < -0.3 is 4.90 Å². The van der Waals surface area contributed by atoms with E-state index in [2.05, 4.69) is 34.8 Å². The maximum atomic E-state index is 8.62. The molecule has 0 radical (unpaired) electrons. The van der Waals surface area contributed by atoms with E-state index in [0.717, 1.165) is 12.4 Å². The summed E-state index contributed by atoms with van der Waals surface area (Å²) >= 11 is 5.75. The number of aromatic nitrogens is 2. The fourth-order valence-corrected chi connectivity index (χ4v) is 1.57. The monoisotopic (exact) mass is 238 g/mol. The molecule has 86 valence electrons. The van der Waals surface area contributed by atoms with E-state index in [1.807, 2.05) is 6.07 Å². The van der Waals surface area contributed by atoms with Crippen LogP contribution >= 0.6 is 11.6 Å². The zero-order chi connectivity index (χ0) is 12.0. The highest BCUT2D eigenvalue weighted by Gasteiger charge is 2.10. The van der Waals surface area contributed by atoms with E-state index >= 15 is 0 Å². The number of hydrogen-bond acceptors (Lipinski definition) is 4. The van der Waals surface area contributed by atoms with Crippen LogP contribution in [0.4, 0.5) is 5.82 Å². The van der Waals surface area contributed by atoms with Crippen LogP contribution in [0.25, 0.3) is 0 Å². The molecule has 0 unspecified atom stereocenters. The molecule has 0 N–H and O–H groups in total. The van der Waals surface area contributed by atoms with Gasteiger partial charge in [0.05, 0.1) is 12.5 Å². The van der Waals surface area contributed by atoms with Crippen molar-refractivity contribution in [2.75, 3.05) is 18.0 Å². The molecular formula is C11H15ClN4. The van der Waals surface area contributed by atoms with Crippen molar-refractivity contribution in [2.24, 2.45) is 5.92 Å². The highest BCUT2D eigenvalue weighted by atomic mass is 35.5. The van der Waals surface area contributed by atoms with Crippen molar-refractivity contribution < 1.29 is 0 Å². The van der Waals surface area contributed by atoms with Gasteiger partial charge in [-0.2, -0.15) is 5.26 Å². The number of nitriles is 1. The Hall–Kier alpha value is -1.34. The summed E-state index contributed by atoms with van der Waals surface area (Å²) in [7, 11) is 0. The summed E-state index contributed by atoms with van der Waals surface area (Å²) in [4.78, 5) is 10.1. The van der Waals surface area contributed by atoms with Crippen LogP contribution in [0, 0.1) is 17.2 Å². The molecule has 0 saturated heterocycles. The molecular weight excluding hydrogens is 224 g/mol. The predicted octanol–water partition coefficient (Wildman–Crippen LogP) is 2.51. The summed E-state index contributed by atoms with van der Waals surface area (Å²) < 4.78 is 0. The number of halogens is 1.